The molecule has 21 heavy (non-hydrogen) atoms. The smallest absolute Gasteiger partial charge is 0.223 e. The van der Waals surface area contributed by atoms with Crippen LogP contribution in [0.2, 0.25) is 0 Å². The van der Waals surface area contributed by atoms with Crippen molar-refractivity contribution in [2.75, 3.05) is 0 Å². The highest BCUT2D eigenvalue weighted by Crippen LogP contribution is 2.31. The molecule has 1 atom stereocenters. The van der Waals surface area contributed by atoms with Gasteiger partial charge in [0, 0.05) is 12.1 Å². The number of carbonyl (C=O) groups is 1. The van der Waals surface area contributed by atoms with Gasteiger partial charge in [-0.1, -0.05) is 38.1 Å². The summed E-state index contributed by atoms with van der Waals surface area (Å²) in [5.41, 5.74) is 3.30. The predicted octanol–water partition coefficient (Wildman–Crippen LogP) is 3.15. The van der Waals surface area contributed by atoms with Crippen LogP contribution in [0.25, 0.3) is 0 Å². The molecule has 1 saturated carbocycles. The Balaban J connectivity index is 1.85. The molecule has 4 heteroatoms. The summed E-state index contributed by atoms with van der Waals surface area (Å²) in [7, 11) is 0. The molecule has 1 amide bonds. The first-order valence-electron chi connectivity index (χ1n) is 7.54. The van der Waals surface area contributed by atoms with Crippen molar-refractivity contribution in [1.82, 2.24) is 15.5 Å². The minimum absolute atomic E-state index is 0.141. The number of rotatable bonds is 5. The summed E-state index contributed by atoms with van der Waals surface area (Å²) in [6.45, 7) is 4.35. The van der Waals surface area contributed by atoms with Crippen LogP contribution < -0.4 is 5.32 Å². The number of benzene rings is 1. The average molecular weight is 283 g/mol. The normalized spacial score (nSPS) is 16.0. The van der Waals surface area contributed by atoms with Crippen LogP contribution in [0.1, 0.15) is 55.5 Å². The monoisotopic (exact) mass is 283 g/mol. The van der Waals surface area contributed by atoms with E-state index in [-0.39, 0.29) is 17.9 Å². The molecular formula is C17H21N3O. The lowest BCUT2D eigenvalue weighted by Crippen LogP contribution is -2.30. The highest BCUT2D eigenvalue weighted by molar-refractivity contribution is 5.81. The van der Waals surface area contributed by atoms with E-state index in [1.54, 1.807) is 6.20 Å². The van der Waals surface area contributed by atoms with Crippen molar-refractivity contribution in [2.24, 2.45) is 5.92 Å². The summed E-state index contributed by atoms with van der Waals surface area (Å²) < 4.78 is 0. The molecule has 1 aliphatic rings. The third-order valence-electron chi connectivity index (χ3n) is 4.00. The van der Waals surface area contributed by atoms with Crippen LogP contribution in [0.4, 0.5) is 0 Å². The summed E-state index contributed by atoms with van der Waals surface area (Å²) >= 11 is 0. The molecule has 0 aliphatic heterocycles. The predicted molar refractivity (Wildman–Crippen MR) is 81.8 cm³/mol. The summed E-state index contributed by atoms with van der Waals surface area (Å²) in [5.74, 6) is 0.846. The van der Waals surface area contributed by atoms with Crippen molar-refractivity contribution < 1.29 is 4.79 Å². The van der Waals surface area contributed by atoms with Crippen molar-refractivity contribution >= 4 is 5.91 Å². The van der Waals surface area contributed by atoms with Gasteiger partial charge in [0.15, 0.2) is 0 Å². The van der Waals surface area contributed by atoms with Crippen molar-refractivity contribution in [1.29, 1.82) is 0 Å². The average Bonchev–Trinajstić information content (AvgIpc) is 3.20. The Kier molecular flexibility index (Phi) is 3.78. The summed E-state index contributed by atoms with van der Waals surface area (Å²) in [5, 5.41) is 10.1. The molecule has 1 unspecified atom stereocenters. The molecule has 3 rings (SSSR count). The lowest BCUT2D eigenvalue weighted by molar-refractivity contribution is -0.122. The Morgan fingerprint density at radius 1 is 1.19 bits per heavy atom. The molecule has 0 spiro atoms. The third kappa shape index (κ3) is 3.15. The fourth-order valence-electron chi connectivity index (χ4n) is 2.45. The summed E-state index contributed by atoms with van der Waals surface area (Å²) in [6, 6.07) is 10.2. The lowest BCUT2D eigenvalue weighted by atomic mass is 9.97. The molecule has 0 saturated heterocycles. The number of aromatic nitrogens is 2. The third-order valence-corrected chi connectivity index (χ3v) is 4.00. The van der Waals surface area contributed by atoms with Crippen LogP contribution in [-0.4, -0.2) is 16.1 Å². The summed E-state index contributed by atoms with van der Waals surface area (Å²) in [4.78, 5) is 12.1. The van der Waals surface area contributed by atoms with E-state index in [9.17, 15) is 4.79 Å². The molecular weight excluding hydrogens is 262 g/mol. The molecule has 4 nitrogen and oxygen atoms in total. The van der Waals surface area contributed by atoms with Crippen LogP contribution >= 0.6 is 0 Å². The number of carbonyl (C=O) groups excluding carboxylic acids is 1. The SMILES string of the molecule is CC(C)c1ccc(C(NC(=O)C2CC2)c2ccn[nH]2)cc1. The number of nitrogens with zero attached hydrogens (tertiary/aromatic N) is 1. The number of hydrogen-bond acceptors (Lipinski definition) is 2. The van der Waals surface area contributed by atoms with Gasteiger partial charge < -0.3 is 5.32 Å². The van der Waals surface area contributed by atoms with Gasteiger partial charge >= 0.3 is 0 Å². The second-order valence-corrected chi connectivity index (χ2v) is 6.05. The van der Waals surface area contributed by atoms with Gasteiger partial charge in [-0.15, -0.1) is 0 Å². The van der Waals surface area contributed by atoms with Crippen molar-refractivity contribution in [3.05, 3.63) is 53.3 Å². The first-order valence-corrected chi connectivity index (χ1v) is 7.54. The molecule has 1 heterocycles. The van der Waals surface area contributed by atoms with Crippen LogP contribution in [0.3, 0.4) is 0 Å². The van der Waals surface area contributed by atoms with Gasteiger partial charge in [0.1, 0.15) is 0 Å². The Morgan fingerprint density at radius 3 is 2.38 bits per heavy atom. The van der Waals surface area contributed by atoms with Crippen molar-refractivity contribution in [3.8, 4) is 0 Å². The quantitative estimate of drug-likeness (QED) is 0.885. The Morgan fingerprint density at radius 2 is 1.86 bits per heavy atom. The first-order chi connectivity index (χ1) is 10.1. The fraction of sp³-hybridized carbons (Fsp3) is 0.412. The minimum Gasteiger partial charge on any atom is -0.343 e. The minimum atomic E-state index is -0.151. The van der Waals surface area contributed by atoms with E-state index >= 15 is 0 Å². The maximum atomic E-state index is 12.1. The number of H-pyrrole nitrogens is 1. The van der Waals surface area contributed by atoms with Crippen LogP contribution in [-0.2, 0) is 4.79 Å². The second kappa shape index (κ2) is 5.72. The number of hydrogen-bond donors (Lipinski definition) is 2. The molecule has 1 fully saturated rings. The van der Waals surface area contributed by atoms with Crippen LogP contribution in [0.5, 0.6) is 0 Å². The molecule has 1 aliphatic carbocycles. The molecule has 0 radical (unpaired) electrons. The molecule has 2 aromatic rings. The van der Waals surface area contributed by atoms with Gasteiger partial charge in [-0.3, -0.25) is 9.89 Å². The largest absolute Gasteiger partial charge is 0.343 e. The second-order valence-electron chi connectivity index (χ2n) is 6.05. The number of aromatic amines is 1. The van der Waals surface area contributed by atoms with E-state index < -0.39 is 0 Å². The van der Waals surface area contributed by atoms with E-state index in [0.717, 1.165) is 24.1 Å². The van der Waals surface area contributed by atoms with Gasteiger partial charge in [0.05, 0.1) is 11.7 Å². The van der Waals surface area contributed by atoms with E-state index in [4.69, 9.17) is 0 Å². The maximum Gasteiger partial charge on any atom is 0.223 e. The Labute approximate surface area is 125 Å². The van der Waals surface area contributed by atoms with E-state index in [2.05, 4.69) is 53.6 Å². The molecule has 2 N–H and O–H groups in total. The van der Waals surface area contributed by atoms with Crippen LogP contribution in [0.15, 0.2) is 36.5 Å². The Hall–Kier alpha value is -2.10. The Bertz CT molecular complexity index is 597. The first kappa shape index (κ1) is 13.9. The van der Waals surface area contributed by atoms with Gasteiger partial charge in [-0.25, -0.2) is 0 Å². The summed E-state index contributed by atoms with van der Waals surface area (Å²) in [6.07, 6.45) is 3.73. The van der Waals surface area contributed by atoms with Crippen molar-refractivity contribution in [2.45, 2.75) is 38.6 Å². The van der Waals surface area contributed by atoms with Crippen LogP contribution in [0, 0.1) is 5.92 Å². The zero-order valence-electron chi connectivity index (χ0n) is 12.5. The highest BCUT2D eigenvalue weighted by atomic mass is 16.2. The van der Waals surface area contributed by atoms with Gasteiger partial charge in [-0.2, -0.15) is 5.10 Å². The van der Waals surface area contributed by atoms with E-state index in [1.165, 1.54) is 5.56 Å². The maximum absolute atomic E-state index is 12.1. The fourth-order valence-corrected chi connectivity index (χ4v) is 2.45. The zero-order valence-corrected chi connectivity index (χ0v) is 12.5. The molecule has 1 aromatic carbocycles. The van der Waals surface area contributed by atoms with E-state index in [0.29, 0.717) is 5.92 Å². The molecule has 0 bridgehead atoms. The van der Waals surface area contributed by atoms with Gasteiger partial charge in [0.25, 0.3) is 0 Å². The van der Waals surface area contributed by atoms with Gasteiger partial charge in [-0.05, 0) is 36.0 Å². The topological polar surface area (TPSA) is 57.8 Å². The standard InChI is InChI=1S/C17H21N3O/c1-11(2)12-3-5-13(6-4-12)16(15-9-10-18-20-15)19-17(21)14-7-8-14/h3-6,9-11,14,16H,7-8H2,1-2H3,(H,18,20)(H,19,21). The van der Waals surface area contributed by atoms with E-state index in [1.807, 2.05) is 6.07 Å². The molecule has 1 aromatic heterocycles. The zero-order chi connectivity index (χ0) is 14.8. The number of nitrogens with one attached hydrogen (secondary N) is 2. The number of amides is 1. The highest BCUT2D eigenvalue weighted by Gasteiger charge is 2.31. The van der Waals surface area contributed by atoms with Gasteiger partial charge in [0.2, 0.25) is 5.91 Å². The lowest BCUT2D eigenvalue weighted by Gasteiger charge is -2.18. The molecule has 110 valence electrons. The van der Waals surface area contributed by atoms with Crippen molar-refractivity contribution in [3.63, 3.8) is 0 Å².